The van der Waals surface area contributed by atoms with E-state index in [1.54, 1.807) is 0 Å². The molecular weight excluding hydrogens is 170 g/mol. The van der Waals surface area contributed by atoms with E-state index in [4.69, 9.17) is 11.8 Å². The molecule has 0 spiro atoms. The molecule has 0 aliphatic carbocycles. The van der Waals surface area contributed by atoms with E-state index >= 15 is 0 Å². The zero-order valence-electron chi connectivity index (χ0n) is 6.04. The van der Waals surface area contributed by atoms with Crippen molar-refractivity contribution in [2.75, 3.05) is 13.2 Å². The van der Waals surface area contributed by atoms with Crippen LogP contribution >= 0.6 is 11.8 Å². The van der Waals surface area contributed by atoms with Crippen molar-refractivity contribution in [2.45, 2.75) is 6.92 Å². The van der Waals surface area contributed by atoms with Crippen LogP contribution < -0.4 is 0 Å². The molecule has 5 heteroatoms. The van der Waals surface area contributed by atoms with E-state index in [-0.39, 0.29) is 19.1 Å². The van der Waals surface area contributed by atoms with Gasteiger partial charge in [-0.25, -0.2) is 4.79 Å². The standard InChI is InChI=1S/C6H8ClNO3/c1-6(10)11-5-3-8(7)2-4-9/h2H,3,5H2,1H3. The van der Waals surface area contributed by atoms with Crippen molar-refractivity contribution >= 4 is 23.7 Å². The van der Waals surface area contributed by atoms with Gasteiger partial charge in [-0.3, -0.25) is 9.21 Å². The van der Waals surface area contributed by atoms with Crippen molar-refractivity contribution in [3.63, 3.8) is 0 Å². The summed E-state index contributed by atoms with van der Waals surface area (Å²) in [7, 11) is 0. The van der Waals surface area contributed by atoms with Crippen LogP contribution in [0.1, 0.15) is 6.92 Å². The number of ether oxygens (including phenoxy) is 1. The van der Waals surface area contributed by atoms with E-state index in [2.05, 4.69) is 4.74 Å². The molecule has 0 amide bonds. The van der Waals surface area contributed by atoms with Gasteiger partial charge in [-0.05, 0) is 0 Å². The molecule has 0 fully saturated rings. The van der Waals surface area contributed by atoms with Gasteiger partial charge in [-0.15, -0.1) is 0 Å². The summed E-state index contributed by atoms with van der Waals surface area (Å²) in [6.45, 7) is 1.74. The molecular formula is C6H8ClNO3. The molecule has 0 atom stereocenters. The van der Waals surface area contributed by atoms with E-state index in [1.165, 1.54) is 12.9 Å². The Hall–Kier alpha value is -0.990. The van der Waals surface area contributed by atoms with Crippen molar-refractivity contribution in [1.29, 1.82) is 0 Å². The zero-order chi connectivity index (χ0) is 8.69. The molecule has 0 aliphatic rings. The van der Waals surface area contributed by atoms with Crippen LogP contribution in [0.3, 0.4) is 0 Å². The molecule has 0 saturated heterocycles. The molecule has 0 saturated carbocycles. The van der Waals surface area contributed by atoms with Gasteiger partial charge in [0.2, 0.25) is 0 Å². The van der Waals surface area contributed by atoms with Crippen LogP contribution in [0.4, 0.5) is 0 Å². The minimum Gasteiger partial charge on any atom is -0.464 e. The fraction of sp³-hybridized carbons (Fsp3) is 0.500. The van der Waals surface area contributed by atoms with Crippen LogP contribution in [0.2, 0.25) is 0 Å². The Morgan fingerprint density at radius 1 is 1.82 bits per heavy atom. The molecule has 0 heterocycles. The molecule has 0 aromatic carbocycles. The van der Waals surface area contributed by atoms with Crippen LogP contribution in [0.15, 0.2) is 6.20 Å². The first-order valence-electron chi connectivity index (χ1n) is 2.93. The van der Waals surface area contributed by atoms with Gasteiger partial charge >= 0.3 is 5.97 Å². The van der Waals surface area contributed by atoms with Gasteiger partial charge in [-0.2, -0.15) is 0 Å². The van der Waals surface area contributed by atoms with Gasteiger partial charge < -0.3 is 4.74 Å². The summed E-state index contributed by atoms with van der Waals surface area (Å²) < 4.78 is 5.61. The fourth-order valence-corrected chi connectivity index (χ4v) is 0.507. The summed E-state index contributed by atoms with van der Waals surface area (Å²) in [5.74, 6) is 1.11. The third-order valence-corrected chi connectivity index (χ3v) is 1.07. The minimum atomic E-state index is -0.370. The van der Waals surface area contributed by atoms with Crippen LogP contribution in [-0.4, -0.2) is 29.5 Å². The maximum absolute atomic E-state index is 10.2. The van der Waals surface area contributed by atoms with Crippen molar-refractivity contribution in [2.24, 2.45) is 0 Å². The zero-order valence-corrected chi connectivity index (χ0v) is 6.80. The summed E-state index contributed by atoms with van der Waals surface area (Å²) in [6.07, 6.45) is 1.02. The average molecular weight is 178 g/mol. The van der Waals surface area contributed by atoms with Crippen LogP contribution in [0.5, 0.6) is 0 Å². The molecule has 0 aromatic heterocycles. The third-order valence-electron chi connectivity index (χ3n) is 0.803. The van der Waals surface area contributed by atoms with Crippen molar-refractivity contribution in [1.82, 2.24) is 4.42 Å². The highest BCUT2D eigenvalue weighted by Crippen LogP contribution is 1.91. The Labute approximate surface area is 69.5 Å². The summed E-state index contributed by atoms with van der Waals surface area (Å²) >= 11 is 5.39. The number of carbonyl (C=O) groups is 1. The summed E-state index contributed by atoms with van der Waals surface area (Å²) in [6, 6.07) is 0. The lowest BCUT2D eigenvalue weighted by Crippen LogP contribution is -2.14. The SMILES string of the molecule is CC(=O)OCCN(Cl)C=C=O. The molecule has 11 heavy (non-hydrogen) atoms. The maximum Gasteiger partial charge on any atom is 0.302 e. The van der Waals surface area contributed by atoms with Crippen LogP contribution in [0, 0.1) is 0 Å². The first kappa shape index (κ1) is 10.0. The number of rotatable bonds is 4. The Kier molecular flexibility index (Phi) is 5.25. The first-order valence-corrected chi connectivity index (χ1v) is 3.27. The Balaban J connectivity index is 3.38. The van der Waals surface area contributed by atoms with Crippen molar-refractivity contribution in [3.8, 4) is 0 Å². The summed E-state index contributed by atoms with van der Waals surface area (Å²) in [4.78, 5) is 19.9. The van der Waals surface area contributed by atoms with E-state index in [9.17, 15) is 9.59 Å². The second kappa shape index (κ2) is 5.77. The summed E-state index contributed by atoms with van der Waals surface area (Å²) in [5.41, 5.74) is 0. The van der Waals surface area contributed by atoms with E-state index in [0.717, 1.165) is 10.6 Å². The monoisotopic (exact) mass is 177 g/mol. The molecule has 0 radical (unpaired) electrons. The number of halogens is 1. The lowest BCUT2D eigenvalue weighted by atomic mass is 10.6. The number of nitrogens with zero attached hydrogens (tertiary/aromatic N) is 1. The molecule has 0 N–H and O–H groups in total. The maximum atomic E-state index is 10.2. The quantitative estimate of drug-likeness (QED) is 0.353. The normalized spacial score (nSPS) is 8.18. The minimum absolute atomic E-state index is 0.164. The van der Waals surface area contributed by atoms with Crippen molar-refractivity contribution < 1.29 is 14.3 Å². The Morgan fingerprint density at radius 2 is 2.45 bits per heavy atom. The highest BCUT2D eigenvalue weighted by atomic mass is 35.5. The number of carbonyl (C=O) groups excluding carboxylic acids is 2. The van der Waals surface area contributed by atoms with Gasteiger partial charge in [0.05, 0.1) is 6.54 Å². The predicted molar refractivity (Wildman–Crippen MR) is 39.5 cm³/mol. The predicted octanol–water partition coefficient (Wildman–Crippen LogP) is 0.351. The molecule has 0 unspecified atom stereocenters. The van der Waals surface area contributed by atoms with Crippen LogP contribution in [0.25, 0.3) is 0 Å². The van der Waals surface area contributed by atoms with Gasteiger partial charge in [-0.1, -0.05) is 0 Å². The fourth-order valence-electron chi connectivity index (χ4n) is 0.398. The van der Waals surface area contributed by atoms with E-state index < -0.39 is 0 Å². The average Bonchev–Trinajstić information content (AvgIpc) is 1.87. The molecule has 4 nitrogen and oxygen atoms in total. The number of esters is 1. The first-order chi connectivity index (χ1) is 5.16. The highest BCUT2D eigenvalue weighted by Gasteiger charge is 1.96. The highest BCUT2D eigenvalue weighted by molar-refractivity contribution is 6.14. The Morgan fingerprint density at radius 3 is 2.91 bits per heavy atom. The molecule has 0 bridgehead atoms. The molecule has 0 aromatic rings. The lowest BCUT2D eigenvalue weighted by Gasteiger charge is -2.07. The van der Waals surface area contributed by atoms with E-state index in [0.29, 0.717) is 0 Å². The molecule has 0 rings (SSSR count). The smallest absolute Gasteiger partial charge is 0.302 e. The third kappa shape index (κ3) is 6.90. The van der Waals surface area contributed by atoms with Crippen molar-refractivity contribution in [3.05, 3.63) is 6.20 Å². The van der Waals surface area contributed by atoms with Gasteiger partial charge in [0.15, 0.2) is 0 Å². The van der Waals surface area contributed by atoms with Gasteiger partial charge in [0.1, 0.15) is 18.7 Å². The topological polar surface area (TPSA) is 46.6 Å². The summed E-state index contributed by atoms with van der Waals surface area (Å²) in [5, 5.41) is 0. The molecule has 0 aliphatic heterocycles. The lowest BCUT2D eigenvalue weighted by molar-refractivity contribution is -0.140. The second-order valence-corrected chi connectivity index (χ2v) is 2.14. The van der Waals surface area contributed by atoms with Gasteiger partial charge in [0, 0.05) is 18.7 Å². The van der Waals surface area contributed by atoms with Crippen LogP contribution in [-0.2, 0) is 14.3 Å². The Bertz CT molecular complexity index is 177. The van der Waals surface area contributed by atoms with E-state index in [1.807, 2.05) is 0 Å². The number of hydrogen-bond donors (Lipinski definition) is 0. The number of hydrogen-bond acceptors (Lipinski definition) is 4. The second-order valence-electron chi connectivity index (χ2n) is 1.71. The largest absolute Gasteiger partial charge is 0.464 e. The van der Waals surface area contributed by atoms with Gasteiger partial charge in [0.25, 0.3) is 0 Å². The molecule has 62 valence electrons.